The Kier molecular flexibility index (Phi) is 4.99. The standard InChI is InChI=1S/C16H16Br2FN/c1-9-6-11(7-10(2)15(9)18)16(20-3)13-8-12(17)4-5-14(13)19/h4-8,16,20H,1-3H3. The van der Waals surface area contributed by atoms with E-state index in [9.17, 15) is 4.39 Å². The van der Waals surface area contributed by atoms with Crippen molar-refractivity contribution in [2.75, 3.05) is 7.05 Å². The molecule has 2 aromatic rings. The fourth-order valence-electron chi connectivity index (χ4n) is 2.38. The Bertz CT molecular complexity index is 617. The monoisotopic (exact) mass is 399 g/mol. The number of rotatable bonds is 3. The van der Waals surface area contributed by atoms with Gasteiger partial charge in [-0.2, -0.15) is 0 Å². The number of hydrogen-bond donors (Lipinski definition) is 1. The van der Waals surface area contributed by atoms with Gasteiger partial charge in [0.15, 0.2) is 0 Å². The topological polar surface area (TPSA) is 12.0 Å². The van der Waals surface area contributed by atoms with Gasteiger partial charge in [0.1, 0.15) is 5.82 Å². The molecule has 0 saturated heterocycles. The second-order valence-corrected chi connectivity index (χ2v) is 6.56. The molecular weight excluding hydrogens is 385 g/mol. The fourth-order valence-corrected chi connectivity index (χ4v) is 2.99. The van der Waals surface area contributed by atoms with E-state index >= 15 is 0 Å². The van der Waals surface area contributed by atoms with E-state index in [0.29, 0.717) is 5.56 Å². The van der Waals surface area contributed by atoms with Gasteiger partial charge in [-0.05, 0) is 55.8 Å². The van der Waals surface area contributed by atoms with Crippen molar-refractivity contribution in [2.45, 2.75) is 19.9 Å². The second kappa shape index (κ2) is 6.37. The van der Waals surface area contributed by atoms with E-state index in [4.69, 9.17) is 0 Å². The van der Waals surface area contributed by atoms with Crippen molar-refractivity contribution in [1.29, 1.82) is 0 Å². The lowest BCUT2D eigenvalue weighted by atomic mass is 9.95. The van der Waals surface area contributed by atoms with E-state index in [2.05, 4.69) is 49.3 Å². The summed E-state index contributed by atoms with van der Waals surface area (Å²) in [4.78, 5) is 0. The van der Waals surface area contributed by atoms with Crippen LogP contribution >= 0.6 is 31.9 Å². The average molecular weight is 401 g/mol. The van der Waals surface area contributed by atoms with Gasteiger partial charge >= 0.3 is 0 Å². The highest BCUT2D eigenvalue weighted by molar-refractivity contribution is 9.10. The Labute approximate surface area is 135 Å². The molecule has 2 aromatic carbocycles. The maximum absolute atomic E-state index is 14.1. The molecule has 1 nitrogen and oxygen atoms in total. The minimum absolute atomic E-state index is 0.169. The van der Waals surface area contributed by atoms with Gasteiger partial charge in [-0.25, -0.2) is 4.39 Å². The van der Waals surface area contributed by atoms with Gasteiger partial charge < -0.3 is 5.32 Å². The zero-order valence-corrected chi connectivity index (χ0v) is 14.8. The molecule has 2 rings (SSSR count). The predicted molar refractivity (Wildman–Crippen MR) is 88.6 cm³/mol. The van der Waals surface area contributed by atoms with Crippen molar-refractivity contribution >= 4 is 31.9 Å². The molecule has 1 N–H and O–H groups in total. The molecule has 0 heterocycles. The van der Waals surface area contributed by atoms with E-state index in [1.165, 1.54) is 6.07 Å². The smallest absolute Gasteiger partial charge is 0.128 e. The minimum atomic E-state index is -0.203. The van der Waals surface area contributed by atoms with Crippen LogP contribution in [0.15, 0.2) is 39.3 Å². The molecule has 0 fully saturated rings. The van der Waals surface area contributed by atoms with Crippen LogP contribution in [0.25, 0.3) is 0 Å². The van der Waals surface area contributed by atoms with E-state index in [1.54, 1.807) is 6.07 Å². The maximum atomic E-state index is 14.1. The molecule has 0 aliphatic rings. The van der Waals surface area contributed by atoms with Crippen LogP contribution < -0.4 is 5.32 Å². The molecule has 0 aliphatic heterocycles. The lowest BCUT2D eigenvalue weighted by Gasteiger charge is -2.20. The van der Waals surface area contributed by atoms with Crippen molar-refractivity contribution in [3.63, 3.8) is 0 Å². The third-order valence-corrected chi connectivity index (χ3v) is 5.09. The summed E-state index contributed by atoms with van der Waals surface area (Å²) in [5.41, 5.74) is 4.00. The molecule has 0 aromatic heterocycles. The first-order valence-electron chi connectivity index (χ1n) is 6.33. The normalized spacial score (nSPS) is 12.5. The average Bonchev–Trinajstić information content (AvgIpc) is 2.40. The highest BCUT2D eigenvalue weighted by Gasteiger charge is 2.18. The lowest BCUT2D eigenvalue weighted by molar-refractivity contribution is 0.575. The zero-order chi connectivity index (χ0) is 14.9. The molecule has 0 bridgehead atoms. The molecule has 0 aliphatic carbocycles. The summed E-state index contributed by atoms with van der Waals surface area (Å²) in [6, 6.07) is 9.02. The van der Waals surface area contributed by atoms with Crippen LogP contribution in [-0.2, 0) is 0 Å². The Balaban J connectivity index is 2.55. The Hall–Kier alpha value is -0.710. The maximum Gasteiger partial charge on any atom is 0.128 e. The van der Waals surface area contributed by atoms with Crippen molar-refractivity contribution in [3.8, 4) is 0 Å². The van der Waals surface area contributed by atoms with Gasteiger partial charge in [0.25, 0.3) is 0 Å². The molecule has 1 atom stereocenters. The van der Waals surface area contributed by atoms with Crippen LogP contribution in [-0.4, -0.2) is 7.05 Å². The first kappa shape index (κ1) is 15.7. The molecule has 106 valence electrons. The van der Waals surface area contributed by atoms with Gasteiger partial charge in [0.05, 0.1) is 6.04 Å². The summed E-state index contributed by atoms with van der Waals surface area (Å²) in [5, 5.41) is 3.20. The van der Waals surface area contributed by atoms with Gasteiger partial charge in [-0.3, -0.25) is 0 Å². The quantitative estimate of drug-likeness (QED) is 0.739. The lowest BCUT2D eigenvalue weighted by Crippen LogP contribution is -2.19. The van der Waals surface area contributed by atoms with Crippen LogP contribution in [0, 0.1) is 19.7 Å². The highest BCUT2D eigenvalue weighted by atomic mass is 79.9. The first-order chi connectivity index (χ1) is 9.43. The summed E-state index contributed by atoms with van der Waals surface area (Å²) >= 11 is 6.97. The van der Waals surface area contributed by atoms with E-state index < -0.39 is 0 Å². The molecular formula is C16H16Br2FN. The molecule has 20 heavy (non-hydrogen) atoms. The van der Waals surface area contributed by atoms with E-state index in [-0.39, 0.29) is 11.9 Å². The Morgan fingerprint density at radius 1 is 1.05 bits per heavy atom. The van der Waals surface area contributed by atoms with E-state index in [1.807, 2.05) is 27.0 Å². The third-order valence-electron chi connectivity index (χ3n) is 3.35. The second-order valence-electron chi connectivity index (χ2n) is 4.86. The Morgan fingerprint density at radius 3 is 2.20 bits per heavy atom. The number of hydrogen-bond acceptors (Lipinski definition) is 1. The van der Waals surface area contributed by atoms with Gasteiger partial charge in [0.2, 0.25) is 0 Å². The van der Waals surface area contributed by atoms with Gasteiger partial charge in [-0.1, -0.05) is 44.0 Å². The van der Waals surface area contributed by atoms with E-state index in [0.717, 1.165) is 25.6 Å². The molecule has 0 amide bonds. The van der Waals surface area contributed by atoms with Crippen LogP contribution in [0.3, 0.4) is 0 Å². The third kappa shape index (κ3) is 3.13. The minimum Gasteiger partial charge on any atom is -0.309 e. The van der Waals surface area contributed by atoms with Crippen LogP contribution in [0.1, 0.15) is 28.3 Å². The predicted octanol–water partition coefficient (Wildman–Crippen LogP) is 5.28. The number of halogens is 3. The summed E-state index contributed by atoms with van der Waals surface area (Å²) < 4.78 is 16.1. The number of nitrogens with one attached hydrogen (secondary N) is 1. The fraction of sp³-hybridized carbons (Fsp3) is 0.250. The summed E-state index contributed by atoms with van der Waals surface area (Å²) in [6.07, 6.45) is 0. The molecule has 1 unspecified atom stereocenters. The van der Waals surface area contributed by atoms with Crippen molar-refractivity contribution in [3.05, 3.63) is 67.3 Å². The number of aryl methyl sites for hydroxylation is 2. The first-order valence-corrected chi connectivity index (χ1v) is 7.91. The number of benzene rings is 2. The highest BCUT2D eigenvalue weighted by Crippen LogP contribution is 2.31. The van der Waals surface area contributed by atoms with Crippen molar-refractivity contribution in [2.24, 2.45) is 0 Å². The summed E-state index contributed by atoms with van der Waals surface area (Å²) in [6.45, 7) is 4.09. The summed E-state index contributed by atoms with van der Waals surface area (Å²) in [7, 11) is 1.84. The molecule has 0 radical (unpaired) electrons. The van der Waals surface area contributed by atoms with Crippen molar-refractivity contribution in [1.82, 2.24) is 5.32 Å². The Morgan fingerprint density at radius 2 is 1.65 bits per heavy atom. The van der Waals surface area contributed by atoms with Gasteiger partial charge in [0, 0.05) is 14.5 Å². The molecule has 0 spiro atoms. The SMILES string of the molecule is CNC(c1cc(C)c(Br)c(C)c1)c1cc(Br)ccc1F. The molecule has 0 saturated carbocycles. The molecule has 4 heteroatoms. The van der Waals surface area contributed by atoms with Crippen LogP contribution in [0.5, 0.6) is 0 Å². The summed E-state index contributed by atoms with van der Waals surface area (Å²) in [5.74, 6) is -0.203. The van der Waals surface area contributed by atoms with Crippen LogP contribution in [0.2, 0.25) is 0 Å². The zero-order valence-electron chi connectivity index (χ0n) is 11.6. The van der Waals surface area contributed by atoms with Gasteiger partial charge in [-0.15, -0.1) is 0 Å². The van der Waals surface area contributed by atoms with Crippen LogP contribution in [0.4, 0.5) is 4.39 Å². The largest absolute Gasteiger partial charge is 0.309 e. The van der Waals surface area contributed by atoms with Crippen molar-refractivity contribution < 1.29 is 4.39 Å².